The molecule has 3 aliphatic rings. The van der Waals surface area contributed by atoms with Crippen LogP contribution in [0.25, 0.3) is 0 Å². The zero-order valence-electron chi connectivity index (χ0n) is 39.0. The number of aromatic amines is 1. The molecule has 0 aliphatic carbocycles. The Morgan fingerprint density at radius 2 is 1.54 bits per heavy atom. The molecule has 26 nitrogen and oxygen atoms in total. The highest BCUT2D eigenvalue weighted by atomic mass is 32.3. The summed E-state index contributed by atoms with van der Waals surface area (Å²) in [6.07, 6.45) is -11.3. The third kappa shape index (κ3) is 16.0. The van der Waals surface area contributed by atoms with Crippen LogP contribution in [-0.2, 0) is 62.2 Å². The van der Waals surface area contributed by atoms with Gasteiger partial charge in [0.1, 0.15) is 54.9 Å². The molecule has 0 saturated carbocycles. The van der Waals surface area contributed by atoms with Crippen molar-refractivity contribution in [1.29, 1.82) is 0 Å². The largest absolute Gasteiger partial charge is 0.481 e. The predicted octanol–water partition coefficient (Wildman–Crippen LogP) is -1.37. The van der Waals surface area contributed by atoms with Crippen molar-refractivity contribution in [2.75, 3.05) is 27.2 Å². The van der Waals surface area contributed by atoms with Gasteiger partial charge in [-0.25, -0.2) is 13.8 Å². The molecule has 14 atom stereocenters. The number of H-pyrrole nitrogens is 1. The van der Waals surface area contributed by atoms with Gasteiger partial charge in [0.2, 0.25) is 5.91 Å². The minimum atomic E-state index is -5.36. The number of ether oxygens (including phenoxy) is 5. The van der Waals surface area contributed by atoms with Crippen molar-refractivity contribution in [1.82, 2.24) is 19.4 Å². The van der Waals surface area contributed by atoms with Gasteiger partial charge >= 0.3 is 40.0 Å². The zero-order valence-corrected chi connectivity index (χ0v) is 39.8. The topological polar surface area (TPSA) is 384 Å². The predicted molar refractivity (Wildman–Crippen MR) is 235 cm³/mol. The first-order chi connectivity index (χ1) is 32.5. The van der Waals surface area contributed by atoms with Crippen molar-refractivity contribution in [3.63, 3.8) is 0 Å². The molecule has 0 spiro atoms. The molecule has 392 valence electrons. The fraction of sp³-hybridized carbons (Fsp3) is 0.786. The van der Waals surface area contributed by atoms with E-state index in [0.717, 1.165) is 75.6 Å². The van der Waals surface area contributed by atoms with Gasteiger partial charge in [-0.05, 0) is 25.8 Å². The van der Waals surface area contributed by atoms with Gasteiger partial charge in [0.25, 0.3) is 5.56 Å². The van der Waals surface area contributed by atoms with Crippen molar-refractivity contribution in [2.24, 2.45) is 11.7 Å². The molecule has 1 aromatic heterocycles. The Morgan fingerprint density at radius 1 is 0.899 bits per heavy atom. The molecular formula is C42H67N5O21S. The van der Waals surface area contributed by atoms with Crippen LogP contribution >= 0.6 is 0 Å². The highest BCUT2D eigenvalue weighted by Crippen LogP contribution is 2.37. The van der Waals surface area contributed by atoms with E-state index >= 15 is 0 Å². The lowest BCUT2D eigenvalue weighted by molar-refractivity contribution is -0.230. The maximum atomic E-state index is 14.6. The third-order valence-corrected chi connectivity index (χ3v) is 12.8. The number of aromatic nitrogens is 2. The van der Waals surface area contributed by atoms with E-state index in [-0.39, 0.29) is 19.3 Å². The van der Waals surface area contributed by atoms with Crippen LogP contribution in [-0.4, -0.2) is 188 Å². The molecule has 1 aromatic rings. The van der Waals surface area contributed by atoms with Gasteiger partial charge in [0, 0.05) is 45.2 Å². The number of carbonyl (C=O) groups is 5. The molecule has 0 bridgehead atoms. The third-order valence-electron chi connectivity index (χ3n) is 12.3. The lowest BCUT2D eigenvalue weighted by Gasteiger charge is -2.38. The van der Waals surface area contributed by atoms with Crippen LogP contribution in [0.2, 0.25) is 0 Å². The molecule has 9 N–H and O–H groups in total. The van der Waals surface area contributed by atoms with Gasteiger partial charge in [-0.3, -0.25) is 43.0 Å². The van der Waals surface area contributed by atoms with Gasteiger partial charge < -0.3 is 59.9 Å². The fourth-order valence-corrected chi connectivity index (χ4v) is 9.31. The molecule has 3 saturated heterocycles. The minimum absolute atomic E-state index is 0.212. The summed E-state index contributed by atoms with van der Waals surface area (Å²) in [6, 6.07) is -2.88. The Kier molecular flexibility index (Phi) is 21.7. The first kappa shape index (κ1) is 57.2. The van der Waals surface area contributed by atoms with Crippen molar-refractivity contribution in [3.8, 4) is 0 Å². The summed E-state index contributed by atoms with van der Waals surface area (Å²) in [5.74, 6) is -6.27. The SMILES string of the molecule is CCCCCCCCCCC[C@H](CC(=O)O[C@@H]1CN(C)[C@@H]([C@H](O[C@H]2O[C@@H](CN)[C@@H](O)[C@@H]2OS(=O)(=O)O)[C@@H]2O[C@@H](n3ccc(=O)[nH]c3=O)[C@@H](O)[C@H]2O)C(=O)N(C)[C@H]1C(=O)O)OC(=O)C[C@@H](C)CC(=O)O. The van der Waals surface area contributed by atoms with Crippen molar-refractivity contribution in [3.05, 3.63) is 33.1 Å². The lowest BCUT2D eigenvalue weighted by Crippen LogP contribution is -2.60. The number of carboxylic acids is 2. The smallest absolute Gasteiger partial charge is 0.397 e. The van der Waals surface area contributed by atoms with E-state index in [1.54, 1.807) is 6.92 Å². The number of likely N-dealkylation sites (N-methyl/N-ethyl adjacent to an activating group) is 2. The van der Waals surface area contributed by atoms with Crippen LogP contribution in [0.15, 0.2) is 21.9 Å². The lowest BCUT2D eigenvalue weighted by atomic mass is 9.97. The van der Waals surface area contributed by atoms with E-state index in [4.69, 9.17) is 29.4 Å². The number of esters is 2. The fourth-order valence-electron chi connectivity index (χ4n) is 8.83. The zero-order chi connectivity index (χ0) is 51.3. The van der Waals surface area contributed by atoms with Crippen LogP contribution in [0.4, 0.5) is 0 Å². The first-order valence-corrected chi connectivity index (χ1v) is 24.3. The Labute approximate surface area is 397 Å². The molecule has 3 aliphatic heterocycles. The number of aliphatic hydroxyl groups is 3. The van der Waals surface area contributed by atoms with Crippen LogP contribution in [0.1, 0.15) is 104 Å². The Hall–Kier alpha value is -4.42. The number of aliphatic hydroxyl groups excluding tert-OH is 3. The Morgan fingerprint density at radius 3 is 2.12 bits per heavy atom. The number of unbranched alkanes of at least 4 members (excludes halogenated alkanes) is 8. The van der Waals surface area contributed by atoms with Gasteiger partial charge in [-0.2, -0.15) is 8.42 Å². The molecule has 4 heterocycles. The molecule has 0 radical (unpaired) electrons. The molecule has 27 heteroatoms. The summed E-state index contributed by atoms with van der Waals surface area (Å²) in [5.41, 5.74) is 3.79. The second-order valence-electron chi connectivity index (χ2n) is 17.8. The standard InChI is InChI=1S/C42H67N5O21S/c1-5-6-7-8-9-10-11-12-13-14-23(63-28(51)18-22(2)17-27(49)50)19-29(52)64-25-21-45(3)31(38(56)46(4)30(25)40(57)58)35(67-41-37(68-69(60,61)62)32(53)24(20-43)65-41)36-33(54)34(55)39(66-36)47-16-15-26(48)44-42(47)59/h15-16,22-25,30-37,39,41,53-55H,5-14,17-21,43H2,1-4H3,(H,49,50)(H,57,58)(H,44,48,59)(H,60,61,62)/t22-,23+,24-,25+,30+,31-,32+,33+,34-,35-,36+,37-,39+,41+/m0/s1. The first-order valence-electron chi connectivity index (χ1n) is 23.0. The maximum absolute atomic E-state index is 14.6. The van der Waals surface area contributed by atoms with Crippen molar-refractivity contribution >= 4 is 40.2 Å². The number of aliphatic carboxylic acids is 2. The molecule has 4 rings (SSSR count). The van der Waals surface area contributed by atoms with Crippen molar-refractivity contribution < 1.29 is 90.3 Å². The van der Waals surface area contributed by atoms with E-state index in [2.05, 4.69) is 11.1 Å². The van der Waals surface area contributed by atoms with E-state index in [9.17, 15) is 72.1 Å². The molecule has 1 amide bonds. The summed E-state index contributed by atoms with van der Waals surface area (Å²) in [5, 5.41) is 53.4. The number of rotatable bonds is 27. The van der Waals surface area contributed by atoms with Gasteiger partial charge in [0.15, 0.2) is 24.7 Å². The highest BCUT2D eigenvalue weighted by molar-refractivity contribution is 7.80. The second kappa shape index (κ2) is 26.1. The summed E-state index contributed by atoms with van der Waals surface area (Å²) < 4.78 is 67.9. The average molecular weight is 1010 g/mol. The number of nitrogens with zero attached hydrogens (tertiary/aromatic N) is 3. The molecule has 3 fully saturated rings. The van der Waals surface area contributed by atoms with E-state index in [1.807, 2.05) is 4.98 Å². The number of hydrogen-bond donors (Lipinski definition) is 8. The van der Waals surface area contributed by atoms with E-state index in [0.29, 0.717) is 15.9 Å². The summed E-state index contributed by atoms with van der Waals surface area (Å²) in [4.78, 5) is 94.1. The van der Waals surface area contributed by atoms with Gasteiger partial charge in [-0.15, -0.1) is 0 Å². The molecule has 0 aromatic carbocycles. The van der Waals surface area contributed by atoms with E-state index < -0.39 is 156 Å². The summed E-state index contributed by atoms with van der Waals surface area (Å²) in [7, 11) is -3.06. The Bertz CT molecular complexity index is 2120. The monoisotopic (exact) mass is 1010 g/mol. The maximum Gasteiger partial charge on any atom is 0.397 e. The van der Waals surface area contributed by atoms with Crippen molar-refractivity contribution in [2.45, 2.75) is 177 Å². The minimum Gasteiger partial charge on any atom is -0.481 e. The number of carbonyl (C=O) groups excluding carboxylic acids is 3. The molecular weight excluding hydrogens is 943 g/mol. The number of hydrogen-bond acceptors (Lipinski definition) is 20. The summed E-state index contributed by atoms with van der Waals surface area (Å²) in [6.45, 7) is 2.61. The number of nitrogens with two attached hydrogens (primary N) is 1. The quantitative estimate of drug-likeness (QED) is 0.0286. The summed E-state index contributed by atoms with van der Waals surface area (Å²) >= 11 is 0. The second-order valence-corrected chi connectivity index (χ2v) is 18.9. The van der Waals surface area contributed by atoms with Crippen LogP contribution < -0.4 is 17.0 Å². The normalized spacial score (nSPS) is 29.0. The average Bonchev–Trinajstić information content (AvgIpc) is 3.67. The number of amides is 1. The highest BCUT2D eigenvalue weighted by Gasteiger charge is 2.58. The van der Waals surface area contributed by atoms with Gasteiger partial charge in [-0.1, -0.05) is 65.2 Å². The molecule has 69 heavy (non-hydrogen) atoms. The Balaban J connectivity index is 1.65. The van der Waals surface area contributed by atoms with Crippen LogP contribution in [0.3, 0.4) is 0 Å². The van der Waals surface area contributed by atoms with E-state index in [1.165, 1.54) is 7.05 Å². The number of carboxylic acid groups (broad SMARTS) is 2. The van der Waals surface area contributed by atoms with Crippen LogP contribution in [0.5, 0.6) is 0 Å². The molecule has 0 unspecified atom stereocenters. The van der Waals surface area contributed by atoms with Gasteiger partial charge in [0.05, 0.1) is 6.42 Å². The number of nitrogens with one attached hydrogen (secondary N) is 1. The van der Waals surface area contributed by atoms with Crippen LogP contribution in [0, 0.1) is 5.92 Å².